The van der Waals surface area contributed by atoms with Crippen LogP contribution in [0.25, 0.3) is 0 Å². The summed E-state index contributed by atoms with van der Waals surface area (Å²) in [6.07, 6.45) is 0. The van der Waals surface area contributed by atoms with E-state index in [4.69, 9.17) is 10.8 Å². The number of carboxylic acid groups (broad SMARTS) is 1. The van der Waals surface area contributed by atoms with E-state index in [9.17, 15) is 18.0 Å². The van der Waals surface area contributed by atoms with Gasteiger partial charge in [-0.15, -0.1) is 0 Å². The number of aromatic carboxylic acids is 1. The molecule has 5 N–H and O–H groups in total. The van der Waals surface area contributed by atoms with E-state index in [-0.39, 0.29) is 23.5 Å². The van der Waals surface area contributed by atoms with Gasteiger partial charge in [-0.1, -0.05) is 6.07 Å². The van der Waals surface area contributed by atoms with E-state index >= 15 is 0 Å². The number of urea groups is 1. The lowest BCUT2D eigenvalue weighted by Crippen LogP contribution is -2.37. The molecule has 8 nitrogen and oxygen atoms in total. The molecule has 0 heterocycles. The summed E-state index contributed by atoms with van der Waals surface area (Å²) < 4.78 is 26.3. The first-order valence-electron chi connectivity index (χ1n) is 5.61. The molecule has 1 aromatic carbocycles. The van der Waals surface area contributed by atoms with Gasteiger partial charge in [-0.05, 0) is 24.6 Å². The lowest BCUT2D eigenvalue weighted by molar-refractivity contribution is 0.0696. The van der Waals surface area contributed by atoms with Gasteiger partial charge in [0.15, 0.2) is 0 Å². The number of nitrogens with one attached hydrogen (secondary N) is 2. The van der Waals surface area contributed by atoms with Crippen molar-refractivity contribution in [3.05, 3.63) is 29.3 Å². The van der Waals surface area contributed by atoms with E-state index in [0.29, 0.717) is 5.56 Å². The van der Waals surface area contributed by atoms with Gasteiger partial charge in [0.2, 0.25) is 10.0 Å². The molecule has 0 saturated heterocycles. The molecule has 110 valence electrons. The maximum Gasteiger partial charge on any atom is 0.335 e. The number of sulfonamides is 1. The molecule has 0 spiro atoms. The molecule has 1 aromatic rings. The molecule has 2 amide bonds. The van der Waals surface area contributed by atoms with Gasteiger partial charge in [0.05, 0.1) is 10.5 Å². The van der Waals surface area contributed by atoms with Gasteiger partial charge in [0.25, 0.3) is 0 Å². The molecule has 0 aliphatic rings. The van der Waals surface area contributed by atoms with Crippen LogP contribution in [-0.4, -0.2) is 38.6 Å². The molecule has 0 bridgehead atoms. The minimum Gasteiger partial charge on any atom is -0.478 e. The Balaban J connectivity index is 2.89. The number of hydrogen-bond donors (Lipinski definition) is 4. The van der Waals surface area contributed by atoms with Gasteiger partial charge in [-0.2, -0.15) is 0 Å². The number of carboxylic acids is 1. The molecule has 9 heteroatoms. The van der Waals surface area contributed by atoms with Crippen molar-refractivity contribution in [2.75, 3.05) is 13.1 Å². The van der Waals surface area contributed by atoms with Gasteiger partial charge in [0.1, 0.15) is 0 Å². The standard InChI is InChI=1S/C11H15N3O5S/c1-7-2-3-8(10(15)16)6-9(7)20(18,19)14-5-4-13-11(12)17/h2-3,6,14H,4-5H2,1H3,(H,15,16)(H3,12,13,17). The van der Waals surface area contributed by atoms with Crippen LogP contribution in [0.5, 0.6) is 0 Å². The summed E-state index contributed by atoms with van der Waals surface area (Å²) >= 11 is 0. The molecular weight excluding hydrogens is 286 g/mol. The van der Waals surface area contributed by atoms with Crippen LogP contribution in [0.4, 0.5) is 4.79 Å². The maximum atomic E-state index is 12.0. The number of hydrogen-bond acceptors (Lipinski definition) is 4. The number of benzene rings is 1. The molecule has 0 fully saturated rings. The molecule has 0 atom stereocenters. The van der Waals surface area contributed by atoms with Crippen molar-refractivity contribution < 1.29 is 23.1 Å². The van der Waals surface area contributed by atoms with E-state index < -0.39 is 22.0 Å². The van der Waals surface area contributed by atoms with Crippen molar-refractivity contribution in [3.63, 3.8) is 0 Å². The second kappa shape index (κ2) is 6.35. The Morgan fingerprint density at radius 2 is 1.95 bits per heavy atom. The highest BCUT2D eigenvalue weighted by Gasteiger charge is 2.18. The number of nitrogens with two attached hydrogens (primary N) is 1. The highest BCUT2D eigenvalue weighted by atomic mass is 32.2. The highest BCUT2D eigenvalue weighted by molar-refractivity contribution is 7.89. The van der Waals surface area contributed by atoms with Crippen LogP contribution in [0.15, 0.2) is 23.1 Å². The highest BCUT2D eigenvalue weighted by Crippen LogP contribution is 2.16. The summed E-state index contributed by atoms with van der Waals surface area (Å²) in [6, 6.07) is 3.07. The van der Waals surface area contributed by atoms with Crippen molar-refractivity contribution >= 4 is 22.0 Å². The first kappa shape index (κ1) is 15.9. The molecule has 0 radical (unpaired) electrons. The van der Waals surface area contributed by atoms with E-state index in [2.05, 4.69) is 10.0 Å². The molecule has 1 rings (SSSR count). The average molecular weight is 301 g/mol. The maximum absolute atomic E-state index is 12.0. The van der Waals surface area contributed by atoms with E-state index in [1.54, 1.807) is 6.92 Å². The third kappa shape index (κ3) is 4.21. The molecule has 0 saturated carbocycles. The van der Waals surface area contributed by atoms with E-state index in [1.807, 2.05) is 0 Å². The fourth-order valence-corrected chi connectivity index (χ4v) is 2.77. The van der Waals surface area contributed by atoms with Crippen LogP contribution in [0, 0.1) is 6.92 Å². The second-order valence-electron chi connectivity index (χ2n) is 3.97. The topological polar surface area (TPSA) is 139 Å². The van der Waals surface area contributed by atoms with Crippen molar-refractivity contribution in [1.82, 2.24) is 10.0 Å². The molecule has 20 heavy (non-hydrogen) atoms. The van der Waals surface area contributed by atoms with Crippen molar-refractivity contribution in [3.8, 4) is 0 Å². The Kier molecular flexibility index (Phi) is 5.06. The van der Waals surface area contributed by atoms with Crippen LogP contribution in [0.2, 0.25) is 0 Å². The third-order valence-electron chi connectivity index (χ3n) is 2.44. The number of amides is 2. The zero-order chi connectivity index (χ0) is 15.3. The van der Waals surface area contributed by atoms with Crippen molar-refractivity contribution in [2.24, 2.45) is 5.73 Å². The molecule has 0 aromatic heterocycles. The lowest BCUT2D eigenvalue weighted by Gasteiger charge is -2.10. The van der Waals surface area contributed by atoms with E-state index in [0.717, 1.165) is 6.07 Å². The average Bonchev–Trinajstić information content (AvgIpc) is 2.34. The van der Waals surface area contributed by atoms with Crippen LogP contribution < -0.4 is 15.8 Å². The summed E-state index contributed by atoms with van der Waals surface area (Å²) in [4.78, 5) is 21.2. The number of carbonyl (C=O) groups is 2. The number of primary amides is 1. The molecule has 0 aliphatic carbocycles. The minimum atomic E-state index is -3.85. The second-order valence-corrected chi connectivity index (χ2v) is 5.71. The lowest BCUT2D eigenvalue weighted by atomic mass is 10.1. The molecule has 0 unspecified atom stereocenters. The van der Waals surface area contributed by atoms with Crippen LogP contribution in [-0.2, 0) is 10.0 Å². The quantitative estimate of drug-likeness (QED) is 0.531. The monoisotopic (exact) mass is 301 g/mol. The molecular formula is C11H15N3O5S. The predicted molar refractivity (Wildman–Crippen MR) is 70.9 cm³/mol. The van der Waals surface area contributed by atoms with Gasteiger partial charge in [0, 0.05) is 13.1 Å². The Morgan fingerprint density at radius 1 is 1.30 bits per heavy atom. The minimum absolute atomic E-state index is 0.0340. The van der Waals surface area contributed by atoms with Crippen LogP contribution in [0.3, 0.4) is 0 Å². The Bertz CT molecular complexity index is 627. The van der Waals surface area contributed by atoms with Crippen LogP contribution in [0.1, 0.15) is 15.9 Å². The number of rotatable bonds is 6. The van der Waals surface area contributed by atoms with Gasteiger partial charge < -0.3 is 16.2 Å². The summed E-state index contributed by atoms with van der Waals surface area (Å²) in [7, 11) is -3.85. The third-order valence-corrected chi connectivity index (χ3v) is 4.04. The summed E-state index contributed by atoms with van der Waals surface area (Å²) in [5.74, 6) is -1.21. The SMILES string of the molecule is Cc1ccc(C(=O)O)cc1S(=O)(=O)NCCNC(N)=O. The van der Waals surface area contributed by atoms with E-state index in [1.165, 1.54) is 12.1 Å². The predicted octanol–water partition coefficient (Wildman–Crippen LogP) is -0.360. The summed E-state index contributed by atoms with van der Waals surface area (Å²) in [5, 5.41) is 11.1. The fraction of sp³-hybridized carbons (Fsp3) is 0.273. The Morgan fingerprint density at radius 3 is 2.50 bits per heavy atom. The zero-order valence-electron chi connectivity index (χ0n) is 10.7. The normalized spacial score (nSPS) is 11.1. The fourth-order valence-electron chi connectivity index (χ4n) is 1.47. The number of aryl methyl sites for hydroxylation is 1. The first-order chi connectivity index (χ1) is 9.24. The summed E-state index contributed by atoms with van der Waals surface area (Å²) in [6.45, 7) is 1.54. The first-order valence-corrected chi connectivity index (χ1v) is 7.09. The largest absolute Gasteiger partial charge is 0.478 e. The Hall–Kier alpha value is -2.13. The smallest absolute Gasteiger partial charge is 0.335 e. The van der Waals surface area contributed by atoms with Crippen molar-refractivity contribution in [1.29, 1.82) is 0 Å². The van der Waals surface area contributed by atoms with Gasteiger partial charge >= 0.3 is 12.0 Å². The Labute approximate surface area is 116 Å². The number of carbonyl (C=O) groups excluding carboxylic acids is 1. The summed E-state index contributed by atoms with van der Waals surface area (Å²) in [5.41, 5.74) is 5.14. The zero-order valence-corrected chi connectivity index (χ0v) is 11.5. The van der Waals surface area contributed by atoms with Crippen LogP contribution >= 0.6 is 0 Å². The van der Waals surface area contributed by atoms with Gasteiger partial charge in [-0.25, -0.2) is 22.7 Å². The van der Waals surface area contributed by atoms with Crippen molar-refractivity contribution in [2.45, 2.75) is 11.8 Å². The molecule has 0 aliphatic heterocycles. The van der Waals surface area contributed by atoms with Gasteiger partial charge in [-0.3, -0.25) is 0 Å².